The number of benzene rings is 4. The zero-order chi connectivity index (χ0) is 96.7. The lowest BCUT2D eigenvalue weighted by atomic mass is 9.85. The molecular formula is C97H136BrF2N11O18S2. The number of Topliss-reactive ketones (excluding diaryl/α,β-unsaturated/α-hetero) is 1. The number of phenols is 1. The summed E-state index contributed by atoms with van der Waals surface area (Å²) in [5, 5.41) is 46.3. The molecule has 4 aromatic carbocycles. The van der Waals surface area contributed by atoms with Gasteiger partial charge in [0.05, 0.1) is 94.5 Å². The van der Waals surface area contributed by atoms with E-state index in [-0.39, 0.29) is 108 Å². The van der Waals surface area contributed by atoms with E-state index in [1.165, 1.54) is 44.5 Å². The molecule has 2 aliphatic heterocycles. The third-order valence-electron chi connectivity index (χ3n) is 23.0. The molecule has 2 aromatic heterocycles. The fraction of sp³-hybridized carbons (Fsp3) is 0.588. The predicted octanol–water partition coefficient (Wildman–Crippen LogP) is 14.0. The summed E-state index contributed by atoms with van der Waals surface area (Å²) in [6, 6.07) is 22.8. The van der Waals surface area contributed by atoms with Gasteiger partial charge in [-0.05, 0) is 215 Å². The van der Waals surface area contributed by atoms with E-state index >= 15 is 0 Å². The highest BCUT2D eigenvalue weighted by atomic mass is 79.9. The Morgan fingerprint density at radius 2 is 0.962 bits per heavy atom. The minimum atomic E-state index is -1.98. The molecule has 4 heterocycles. The van der Waals surface area contributed by atoms with Gasteiger partial charge in [-0.15, -0.1) is 22.7 Å². The number of β-amino-alcohol motifs (C(OH)–C–C–N with tert-alkyl or cyclic N) is 2. The summed E-state index contributed by atoms with van der Waals surface area (Å²) in [6.45, 7) is 30.0. The number of alkyl carbamates (subject to hydrolysis) is 2. The summed E-state index contributed by atoms with van der Waals surface area (Å²) in [7, 11) is 0. The van der Waals surface area contributed by atoms with Gasteiger partial charge >= 0.3 is 12.2 Å². The number of rotatable bonds is 41. The number of carbonyl (C=O) groups excluding carboxylic acids is 10. The number of nitrogens with one attached hydrogen (secondary N) is 5. The van der Waals surface area contributed by atoms with Crippen molar-refractivity contribution in [2.75, 3.05) is 25.0 Å². The first-order chi connectivity index (χ1) is 61.4. The fourth-order valence-corrected chi connectivity index (χ4v) is 17.0. The zero-order valence-corrected chi connectivity index (χ0v) is 81.8. The molecule has 10 rings (SSSR count). The van der Waals surface area contributed by atoms with Crippen molar-refractivity contribution in [1.29, 1.82) is 0 Å². The van der Waals surface area contributed by atoms with Crippen molar-refractivity contribution >= 4 is 97.9 Å². The topological polar surface area (TPSA) is 422 Å². The van der Waals surface area contributed by atoms with Gasteiger partial charge in [-0.25, -0.2) is 28.3 Å². The number of phenolic OH excluding ortho intramolecular Hbond substituents is 1. The second kappa shape index (κ2) is 47.9. The molecule has 2 saturated carbocycles. The maximum absolute atomic E-state index is 14.6. The maximum atomic E-state index is 14.6. The van der Waals surface area contributed by atoms with Crippen LogP contribution in [0.25, 0.3) is 20.9 Å². The van der Waals surface area contributed by atoms with Crippen LogP contribution in [0.3, 0.4) is 0 Å². The Bertz CT molecular complexity index is 4850. The van der Waals surface area contributed by atoms with E-state index in [1.807, 2.05) is 64.1 Å². The van der Waals surface area contributed by atoms with Gasteiger partial charge < -0.3 is 86.9 Å². The summed E-state index contributed by atoms with van der Waals surface area (Å²) in [4.78, 5) is 140. The van der Waals surface area contributed by atoms with E-state index in [1.54, 1.807) is 106 Å². The number of hydrogen-bond acceptors (Lipinski definition) is 22. The van der Waals surface area contributed by atoms with Gasteiger partial charge in [0.2, 0.25) is 29.5 Å². The monoisotopic (exact) mass is 1920 g/mol. The largest absolute Gasteiger partial charge is 0.508 e. The number of aryl methyl sites for hydroxylation is 5. The Kier molecular flexibility index (Phi) is 39.0. The van der Waals surface area contributed by atoms with Crippen molar-refractivity contribution in [2.24, 2.45) is 22.3 Å². The standard InChI is InChI=1S/C48H67FN6O9S.C27H34FN3O5S.C22H35BrN2O4/c1-29-40(65-28-52-29)33-16-17-34(25-51-42(58)37-24-35(56)26-55(37)43(59)41(46(3,4)5)54-44(60)48(49)20-21-48)38(23-33)62-22-10-9-11-31-12-14-32(15-13-31)27-63-30(2)36(18-19-39(50)57)53-45(61)64-47(6,7)8;1-15-22(37-14-29-15)17-6-5-16(21(34)11-17)7-8-20(33)19-12-18(32)13-31(19)24(35)23(26(2,3)4)30-25(36)27(28)9-10-27;1-16(19(12-13-20(24)26)25-21(27)29-22(2,3)4)28-15-18-10-8-17(9-11-18)7-5-6-14-23/h12-17,23,28,30,35-37,41,56H,9-11,18-22,24-27H2,1-8H3,(H2,50,57)(H,51,58)(H,53,61)(H,54,60);5-6,11,14,18-19,23,32,34H,7-10,12-13H2,1-4H3,(H,30,36);8-11,16,19H,5-7,12-15H2,1-4H3,(H2,24,26)(H,25,27)/t30-,35-,36+,37+,41-;18-,19+,23-;16-,19+/m111/s1. The van der Waals surface area contributed by atoms with Crippen molar-refractivity contribution in [3.63, 3.8) is 0 Å². The number of ether oxygens (including phenoxy) is 5. The molecule has 2 aliphatic carbocycles. The Morgan fingerprint density at radius 3 is 1.36 bits per heavy atom. The Hall–Kier alpha value is -9.58. The van der Waals surface area contributed by atoms with E-state index in [9.17, 15) is 72.0 Å². The molecule has 0 unspecified atom stereocenters. The quantitative estimate of drug-likeness (QED) is 0.0126. The number of unbranched alkanes of at least 4 members (excludes halogenated alkanes) is 2. The Labute approximate surface area is 785 Å². The second-order valence-corrected chi connectivity index (χ2v) is 41.3. The first-order valence-electron chi connectivity index (χ1n) is 45.1. The molecule has 29 nitrogen and oxygen atoms in total. The smallest absolute Gasteiger partial charge is 0.407 e. The van der Waals surface area contributed by atoms with E-state index in [0.29, 0.717) is 44.0 Å². The summed E-state index contributed by atoms with van der Waals surface area (Å²) in [5.74, 6) is -3.60. The van der Waals surface area contributed by atoms with Crippen LogP contribution in [0.4, 0.5) is 18.4 Å². The minimum absolute atomic E-state index is 0.0211. The molecule has 34 heteroatoms. The number of aliphatic hydroxyl groups excluding tert-OH is 2. The summed E-state index contributed by atoms with van der Waals surface area (Å²) in [6.07, 6.45) is 4.03. The van der Waals surface area contributed by atoms with Crippen molar-refractivity contribution < 1.29 is 95.7 Å². The number of likely N-dealkylation sites (tertiary alicyclic amines) is 2. The van der Waals surface area contributed by atoms with Gasteiger partial charge in [-0.2, -0.15) is 0 Å². The van der Waals surface area contributed by atoms with Crippen LogP contribution in [-0.2, 0) is 96.3 Å². The molecule has 6 aromatic rings. The second-order valence-electron chi connectivity index (χ2n) is 38.8. The summed E-state index contributed by atoms with van der Waals surface area (Å²) >= 11 is 6.46. The molecule has 0 bridgehead atoms. The minimum Gasteiger partial charge on any atom is -0.508 e. The van der Waals surface area contributed by atoms with Crippen LogP contribution in [0.1, 0.15) is 238 Å². The highest BCUT2D eigenvalue weighted by molar-refractivity contribution is 9.09. The van der Waals surface area contributed by atoms with Crippen molar-refractivity contribution in [1.82, 2.24) is 46.4 Å². The lowest BCUT2D eigenvalue weighted by Gasteiger charge is -2.35. The number of nitrogens with zero attached hydrogens (tertiary/aromatic N) is 4. The SMILES string of the molecule is C[C@@H](OCc1ccc(CCCCBr)cc1)[C@H](CCC(N)=O)NC(=O)OC(C)(C)C.Cc1ncsc1-c1ccc(CCC(=O)[C@@H]2C[C@@H](O)CN2C(=O)[C@@H](NC(=O)C2(F)CC2)C(C)(C)C)c(O)c1.Cc1ncsc1-c1ccc(CNC(=O)[C@@H]2C[C@@H](O)CN2C(=O)[C@@H](NC(=O)C2(F)CC2)C(C)(C)C)c(OCCCCc2ccc(CO[C@H](C)[C@H](CCC(N)=O)NC(=O)OC(C)(C)C)cc2)c1. The highest BCUT2D eigenvalue weighted by Crippen LogP contribution is 2.43. The molecule has 2 saturated heterocycles. The Morgan fingerprint density at radius 1 is 0.550 bits per heavy atom. The third kappa shape index (κ3) is 33.8. The van der Waals surface area contributed by atoms with Gasteiger partial charge in [-0.1, -0.05) is 130 Å². The molecule has 4 aliphatic rings. The molecule has 4 fully saturated rings. The van der Waals surface area contributed by atoms with E-state index in [2.05, 4.69) is 88.9 Å². The molecule has 12 N–H and O–H groups in total. The van der Waals surface area contributed by atoms with Gasteiger partial charge in [0, 0.05) is 62.6 Å². The molecule has 10 atom stereocenters. The number of nitrogens with two attached hydrogens (primary N) is 2. The number of alkyl halides is 3. The molecule has 9 amide bonds. The predicted molar refractivity (Wildman–Crippen MR) is 502 cm³/mol. The average molecular weight is 1930 g/mol. The number of aromatic hydroxyl groups is 1. The van der Waals surface area contributed by atoms with Crippen LogP contribution in [0, 0.1) is 24.7 Å². The van der Waals surface area contributed by atoms with E-state index < -0.39 is 135 Å². The van der Waals surface area contributed by atoms with Gasteiger partial charge in [0.25, 0.3) is 11.8 Å². The van der Waals surface area contributed by atoms with Crippen LogP contribution in [-0.4, -0.2) is 203 Å². The number of amides is 9. The van der Waals surface area contributed by atoms with Crippen molar-refractivity contribution in [3.8, 4) is 32.4 Å². The number of halogens is 3. The fourth-order valence-electron chi connectivity index (χ4n) is 15.0. The molecule has 720 valence electrons. The molecule has 0 radical (unpaired) electrons. The number of carbonyl (C=O) groups is 10. The normalized spacial score (nSPS) is 18.1. The number of primary amides is 2. The lowest BCUT2D eigenvalue weighted by Crippen LogP contribution is -2.59. The van der Waals surface area contributed by atoms with Crippen LogP contribution in [0.2, 0.25) is 0 Å². The number of thiazole rings is 2. The highest BCUT2D eigenvalue weighted by Gasteiger charge is 2.55. The number of hydrogen-bond donors (Lipinski definition) is 10. The molecule has 131 heavy (non-hydrogen) atoms. The zero-order valence-electron chi connectivity index (χ0n) is 78.5. The molecular weight excluding hydrogens is 1790 g/mol. The van der Waals surface area contributed by atoms with Crippen LogP contribution < -0.4 is 42.8 Å². The number of aromatic nitrogens is 2. The third-order valence-corrected chi connectivity index (χ3v) is 25.5. The van der Waals surface area contributed by atoms with Crippen LogP contribution >= 0.6 is 38.6 Å². The maximum Gasteiger partial charge on any atom is 0.407 e. The summed E-state index contributed by atoms with van der Waals surface area (Å²) in [5.41, 5.74) is 16.8. The van der Waals surface area contributed by atoms with Crippen LogP contribution in [0.5, 0.6) is 11.5 Å². The number of ketones is 1. The summed E-state index contributed by atoms with van der Waals surface area (Å²) < 4.78 is 58.1. The van der Waals surface area contributed by atoms with Crippen molar-refractivity contribution in [3.05, 3.63) is 141 Å². The van der Waals surface area contributed by atoms with Crippen LogP contribution in [0.15, 0.2) is 96.0 Å². The average Bonchev–Trinajstić information content (AvgIpc) is 1.64. The van der Waals surface area contributed by atoms with Gasteiger partial charge in [0.1, 0.15) is 40.8 Å². The van der Waals surface area contributed by atoms with Gasteiger partial charge in [0.15, 0.2) is 17.1 Å². The first-order valence-corrected chi connectivity index (χ1v) is 48.0. The Balaban J connectivity index is 0.000000269. The number of aliphatic hydroxyl groups is 2. The lowest BCUT2D eigenvalue weighted by molar-refractivity contribution is -0.145. The van der Waals surface area contributed by atoms with Gasteiger partial charge in [-0.3, -0.25) is 38.4 Å². The van der Waals surface area contributed by atoms with E-state index in [4.69, 9.17) is 35.2 Å². The molecule has 0 spiro atoms. The van der Waals surface area contributed by atoms with E-state index in [0.717, 1.165) is 92.0 Å². The van der Waals surface area contributed by atoms with Crippen molar-refractivity contribution in [2.45, 2.75) is 329 Å². The first kappa shape index (κ1) is 107.